The zero-order chi connectivity index (χ0) is 21.3. The van der Waals surface area contributed by atoms with Crippen molar-refractivity contribution in [2.24, 2.45) is 5.92 Å². The molecule has 0 radical (unpaired) electrons. The fraction of sp³-hybridized carbons (Fsp3) is 0.375. The van der Waals surface area contributed by atoms with Crippen molar-refractivity contribution in [1.82, 2.24) is 14.5 Å². The van der Waals surface area contributed by atoms with Crippen LogP contribution in [0.2, 0.25) is 0 Å². The Morgan fingerprint density at radius 3 is 2.37 bits per heavy atom. The molecule has 0 bridgehead atoms. The van der Waals surface area contributed by atoms with Crippen molar-refractivity contribution in [2.45, 2.75) is 39.2 Å². The van der Waals surface area contributed by atoms with Crippen molar-refractivity contribution in [3.8, 4) is 11.1 Å². The molecule has 4 rings (SSSR count). The van der Waals surface area contributed by atoms with Crippen molar-refractivity contribution >= 4 is 17.5 Å². The van der Waals surface area contributed by atoms with Crippen molar-refractivity contribution < 1.29 is 4.79 Å². The first-order chi connectivity index (χ1) is 14.4. The third-order valence-corrected chi connectivity index (χ3v) is 5.49. The summed E-state index contributed by atoms with van der Waals surface area (Å²) in [5, 5.41) is 3.05. The molecule has 3 aromatic rings. The van der Waals surface area contributed by atoms with Gasteiger partial charge in [-0.3, -0.25) is 4.79 Å². The molecule has 2 aromatic heterocycles. The van der Waals surface area contributed by atoms with Crippen LogP contribution in [0, 0.1) is 5.92 Å². The van der Waals surface area contributed by atoms with E-state index in [4.69, 9.17) is 0 Å². The number of rotatable bonds is 7. The van der Waals surface area contributed by atoms with Crippen LogP contribution in [0.1, 0.15) is 48.7 Å². The second-order valence-corrected chi connectivity index (χ2v) is 8.61. The Bertz CT molecular complexity index is 1010. The molecule has 1 N–H and O–H groups in total. The molecule has 0 atom stereocenters. The molecule has 1 fully saturated rings. The van der Waals surface area contributed by atoms with E-state index in [-0.39, 0.29) is 5.91 Å². The van der Waals surface area contributed by atoms with E-state index < -0.39 is 0 Å². The highest BCUT2D eigenvalue weighted by atomic mass is 16.1. The van der Waals surface area contributed by atoms with E-state index in [0.717, 1.165) is 23.4 Å². The van der Waals surface area contributed by atoms with E-state index in [2.05, 4.69) is 45.8 Å². The average molecular weight is 404 g/mol. The van der Waals surface area contributed by atoms with Crippen LogP contribution in [0.5, 0.6) is 0 Å². The number of carbonyl (C=O) groups excluding carboxylic acids is 1. The van der Waals surface area contributed by atoms with E-state index in [1.54, 1.807) is 0 Å². The third-order valence-electron chi connectivity index (χ3n) is 5.49. The smallest absolute Gasteiger partial charge is 0.272 e. The van der Waals surface area contributed by atoms with Crippen molar-refractivity contribution in [3.63, 3.8) is 0 Å². The van der Waals surface area contributed by atoms with E-state index in [0.29, 0.717) is 23.5 Å². The second-order valence-electron chi connectivity index (χ2n) is 8.61. The monoisotopic (exact) mass is 403 g/mol. The normalized spacial score (nSPS) is 13.5. The molecule has 1 saturated carbocycles. The lowest BCUT2D eigenvalue weighted by Gasteiger charge is -2.10. The maximum atomic E-state index is 13.1. The summed E-state index contributed by atoms with van der Waals surface area (Å²) in [5.74, 6) is 1.70. The number of carbonyl (C=O) groups is 1. The Labute approximate surface area is 178 Å². The minimum Gasteiger partial charge on any atom is -0.347 e. The number of nitrogens with one attached hydrogen (secondary N) is 1. The van der Waals surface area contributed by atoms with Gasteiger partial charge in [-0.2, -0.15) is 0 Å². The molecule has 0 aliphatic heterocycles. The standard InChI is InChI=1S/C24H29N5O/c1-16(2)18-7-9-21(10-8-18)27-23(30)22-11-19(15-29(22)14-17-5-6-17)20-12-25-24(26-13-20)28(3)4/h7-13,15-17H,5-6,14H2,1-4H3,(H,27,30). The molecule has 30 heavy (non-hydrogen) atoms. The molecular weight excluding hydrogens is 374 g/mol. The van der Waals surface area contributed by atoms with Gasteiger partial charge in [-0.25, -0.2) is 9.97 Å². The van der Waals surface area contributed by atoms with E-state index >= 15 is 0 Å². The van der Waals surface area contributed by atoms with Crippen LogP contribution in [0.15, 0.2) is 48.9 Å². The van der Waals surface area contributed by atoms with Gasteiger partial charge in [0.25, 0.3) is 5.91 Å². The summed E-state index contributed by atoms with van der Waals surface area (Å²) in [4.78, 5) is 23.8. The summed E-state index contributed by atoms with van der Waals surface area (Å²) in [6.07, 6.45) is 8.12. The number of nitrogens with zero attached hydrogens (tertiary/aromatic N) is 4. The number of anilines is 2. The van der Waals surface area contributed by atoms with Gasteiger partial charge in [0, 0.05) is 56.0 Å². The molecular formula is C24H29N5O. The lowest BCUT2D eigenvalue weighted by atomic mass is 10.0. The first-order valence-electron chi connectivity index (χ1n) is 10.5. The van der Waals surface area contributed by atoms with Crippen molar-refractivity contribution in [1.29, 1.82) is 0 Å². The average Bonchev–Trinajstić information content (AvgIpc) is 3.44. The van der Waals surface area contributed by atoms with Gasteiger partial charge in [-0.1, -0.05) is 26.0 Å². The van der Waals surface area contributed by atoms with Crippen LogP contribution in [0.3, 0.4) is 0 Å². The van der Waals surface area contributed by atoms with Crippen LogP contribution in [-0.2, 0) is 6.54 Å². The topological polar surface area (TPSA) is 63.1 Å². The van der Waals surface area contributed by atoms with Crippen LogP contribution in [0.25, 0.3) is 11.1 Å². The Morgan fingerprint density at radius 1 is 1.13 bits per heavy atom. The van der Waals surface area contributed by atoms with Gasteiger partial charge in [0.05, 0.1) is 0 Å². The van der Waals surface area contributed by atoms with Gasteiger partial charge in [-0.05, 0) is 48.4 Å². The molecule has 1 aliphatic rings. The van der Waals surface area contributed by atoms with Crippen molar-refractivity contribution in [3.05, 3.63) is 60.2 Å². The Kier molecular flexibility index (Phi) is 5.57. The quantitative estimate of drug-likeness (QED) is 0.616. The molecule has 1 amide bonds. The van der Waals surface area contributed by atoms with Crippen molar-refractivity contribution in [2.75, 3.05) is 24.3 Å². The Balaban J connectivity index is 1.58. The van der Waals surface area contributed by atoms with E-state index in [1.165, 1.54) is 18.4 Å². The van der Waals surface area contributed by atoms with Gasteiger partial charge in [0.2, 0.25) is 5.95 Å². The Morgan fingerprint density at radius 2 is 1.80 bits per heavy atom. The van der Waals surface area contributed by atoms with Crippen LogP contribution >= 0.6 is 0 Å². The highest BCUT2D eigenvalue weighted by Crippen LogP contribution is 2.33. The number of benzene rings is 1. The SMILES string of the molecule is CC(C)c1ccc(NC(=O)c2cc(-c3cnc(N(C)C)nc3)cn2CC2CC2)cc1. The Hall–Kier alpha value is -3.15. The lowest BCUT2D eigenvalue weighted by Crippen LogP contribution is -2.17. The predicted molar refractivity (Wildman–Crippen MR) is 121 cm³/mol. The summed E-state index contributed by atoms with van der Waals surface area (Å²) in [6, 6.07) is 10.0. The van der Waals surface area contributed by atoms with Gasteiger partial charge < -0.3 is 14.8 Å². The number of hydrogen-bond acceptors (Lipinski definition) is 4. The molecule has 0 unspecified atom stereocenters. The predicted octanol–water partition coefficient (Wildman–Crippen LogP) is 4.80. The van der Waals surface area contributed by atoms with Crippen LogP contribution in [0.4, 0.5) is 11.6 Å². The molecule has 6 heteroatoms. The van der Waals surface area contributed by atoms with Gasteiger partial charge >= 0.3 is 0 Å². The fourth-order valence-electron chi connectivity index (χ4n) is 3.44. The molecule has 1 aliphatic carbocycles. The minimum atomic E-state index is -0.0926. The number of hydrogen-bond donors (Lipinski definition) is 1. The molecule has 1 aromatic carbocycles. The summed E-state index contributed by atoms with van der Waals surface area (Å²) in [5.41, 5.74) is 4.60. The zero-order valence-electron chi connectivity index (χ0n) is 18.1. The molecule has 156 valence electrons. The minimum absolute atomic E-state index is 0.0926. The first-order valence-corrected chi connectivity index (χ1v) is 10.5. The molecule has 0 saturated heterocycles. The lowest BCUT2D eigenvalue weighted by molar-refractivity contribution is 0.101. The zero-order valence-corrected chi connectivity index (χ0v) is 18.1. The summed E-state index contributed by atoms with van der Waals surface area (Å²) in [7, 11) is 3.83. The second kappa shape index (κ2) is 8.30. The number of aromatic nitrogens is 3. The molecule has 6 nitrogen and oxygen atoms in total. The third kappa shape index (κ3) is 4.53. The van der Waals surface area contributed by atoms with Crippen LogP contribution < -0.4 is 10.2 Å². The number of amides is 1. The highest BCUT2D eigenvalue weighted by Gasteiger charge is 2.25. The van der Waals surface area contributed by atoms with Crippen LogP contribution in [-0.4, -0.2) is 34.5 Å². The van der Waals surface area contributed by atoms with E-state index in [9.17, 15) is 4.79 Å². The summed E-state index contributed by atoms with van der Waals surface area (Å²) >= 11 is 0. The van der Waals surface area contributed by atoms with Gasteiger partial charge in [0.1, 0.15) is 5.69 Å². The molecule has 0 spiro atoms. The first kappa shape index (κ1) is 20.1. The largest absolute Gasteiger partial charge is 0.347 e. The molecule has 2 heterocycles. The van der Waals surface area contributed by atoms with Gasteiger partial charge in [0.15, 0.2) is 0 Å². The summed E-state index contributed by atoms with van der Waals surface area (Å²) < 4.78 is 2.07. The van der Waals surface area contributed by atoms with Gasteiger partial charge in [-0.15, -0.1) is 0 Å². The van der Waals surface area contributed by atoms with E-state index in [1.807, 2.05) is 55.8 Å². The fourth-order valence-corrected chi connectivity index (χ4v) is 3.44. The maximum Gasteiger partial charge on any atom is 0.272 e. The highest BCUT2D eigenvalue weighted by molar-refractivity contribution is 6.04. The maximum absolute atomic E-state index is 13.1. The summed E-state index contributed by atoms with van der Waals surface area (Å²) in [6.45, 7) is 5.19.